The molecule has 0 radical (unpaired) electrons. The summed E-state index contributed by atoms with van der Waals surface area (Å²) in [6, 6.07) is 4.75. The van der Waals surface area contributed by atoms with Crippen LogP contribution >= 0.6 is 0 Å². The van der Waals surface area contributed by atoms with Crippen molar-refractivity contribution in [2.45, 2.75) is 83.0 Å². The molecule has 4 unspecified atom stereocenters. The van der Waals surface area contributed by atoms with Gasteiger partial charge in [-0.25, -0.2) is 4.79 Å². The van der Waals surface area contributed by atoms with Crippen molar-refractivity contribution in [3.05, 3.63) is 35.9 Å². The van der Waals surface area contributed by atoms with Crippen LogP contribution in [0.15, 0.2) is 30.3 Å². The zero-order valence-electron chi connectivity index (χ0n) is 22.2. The van der Waals surface area contributed by atoms with E-state index in [1.807, 2.05) is 44.2 Å². The van der Waals surface area contributed by atoms with Crippen LogP contribution in [-0.4, -0.2) is 65.4 Å². The summed E-state index contributed by atoms with van der Waals surface area (Å²) in [6.45, 7) is 4.04. The Labute approximate surface area is 223 Å². The van der Waals surface area contributed by atoms with Crippen LogP contribution in [0.5, 0.6) is 0 Å². The van der Waals surface area contributed by atoms with E-state index in [0.717, 1.165) is 5.56 Å². The first-order valence-electron chi connectivity index (χ1n) is 12.9. The molecule has 0 heterocycles. The Morgan fingerprint density at radius 3 is 1.92 bits per heavy atom. The van der Waals surface area contributed by atoms with E-state index in [-0.39, 0.29) is 38.0 Å². The molecular weight excluding hydrogens is 492 g/mol. The molecule has 12 heteroatoms. The molecule has 1 aromatic carbocycles. The van der Waals surface area contributed by atoms with Crippen LogP contribution in [0.3, 0.4) is 0 Å². The summed E-state index contributed by atoms with van der Waals surface area (Å²) in [4.78, 5) is 62.0. The molecule has 0 aliphatic heterocycles. The van der Waals surface area contributed by atoms with Gasteiger partial charge < -0.3 is 38.3 Å². The SMILES string of the molecule is CC(C)CC(NC(=O)C(CCCCN)NC(=O)C(CCC(N)=O)NC(=O)C(N)Cc1ccccc1)C(=O)O. The maximum absolute atomic E-state index is 13.2. The van der Waals surface area contributed by atoms with Crippen molar-refractivity contribution in [1.82, 2.24) is 16.0 Å². The van der Waals surface area contributed by atoms with Crippen LogP contribution in [0.4, 0.5) is 0 Å². The zero-order chi connectivity index (χ0) is 28.7. The quantitative estimate of drug-likeness (QED) is 0.122. The van der Waals surface area contributed by atoms with E-state index in [0.29, 0.717) is 19.4 Å². The number of carbonyl (C=O) groups excluding carboxylic acids is 4. The van der Waals surface area contributed by atoms with Gasteiger partial charge in [0.25, 0.3) is 0 Å². The lowest BCUT2D eigenvalue weighted by Crippen LogP contribution is -2.57. The maximum Gasteiger partial charge on any atom is 0.326 e. The molecule has 38 heavy (non-hydrogen) atoms. The predicted molar refractivity (Wildman–Crippen MR) is 142 cm³/mol. The Hall–Kier alpha value is -3.51. The number of benzene rings is 1. The molecule has 212 valence electrons. The Kier molecular flexibility index (Phi) is 14.6. The monoisotopic (exact) mass is 534 g/mol. The third kappa shape index (κ3) is 12.6. The minimum Gasteiger partial charge on any atom is -0.480 e. The van der Waals surface area contributed by atoms with Crippen molar-refractivity contribution < 1.29 is 29.1 Å². The summed E-state index contributed by atoms with van der Waals surface area (Å²) >= 11 is 0. The molecule has 12 nitrogen and oxygen atoms in total. The highest BCUT2D eigenvalue weighted by Crippen LogP contribution is 2.09. The third-order valence-corrected chi connectivity index (χ3v) is 5.85. The van der Waals surface area contributed by atoms with Crippen molar-refractivity contribution in [1.29, 1.82) is 0 Å². The van der Waals surface area contributed by atoms with Crippen LogP contribution < -0.4 is 33.2 Å². The lowest BCUT2D eigenvalue weighted by Gasteiger charge is -2.25. The second kappa shape index (κ2) is 17.1. The van der Waals surface area contributed by atoms with E-state index in [9.17, 15) is 29.1 Å². The molecule has 0 aliphatic carbocycles. The van der Waals surface area contributed by atoms with Crippen LogP contribution in [0, 0.1) is 5.92 Å². The van der Waals surface area contributed by atoms with Gasteiger partial charge in [-0.1, -0.05) is 44.2 Å². The van der Waals surface area contributed by atoms with Crippen molar-refractivity contribution in [3.8, 4) is 0 Å². The predicted octanol–water partition coefficient (Wildman–Crippen LogP) is -0.464. The van der Waals surface area contributed by atoms with Crippen LogP contribution in [0.1, 0.15) is 57.9 Å². The number of unbranched alkanes of at least 4 members (excludes halogenated alkanes) is 1. The number of amides is 4. The second-order valence-electron chi connectivity index (χ2n) is 9.74. The maximum atomic E-state index is 13.2. The number of aliphatic carboxylic acids is 1. The molecule has 0 fully saturated rings. The van der Waals surface area contributed by atoms with Crippen molar-refractivity contribution >= 4 is 29.6 Å². The number of hydrogen-bond donors (Lipinski definition) is 7. The fourth-order valence-electron chi connectivity index (χ4n) is 3.79. The summed E-state index contributed by atoms with van der Waals surface area (Å²) in [7, 11) is 0. The number of nitrogens with two attached hydrogens (primary N) is 3. The summed E-state index contributed by atoms with van der Waals surface area (Å²) in [6.07, 6.45) is 1.43. The van der Waals surface area contributed by atoms with Gasteiger partial charge in [-0.3, -0.25) is 19.2 Å². The van der Waals surface area contributed by atoms with Crippen molar-refractivity contribution in [3.63, 3.8) is 0 Å². The molecule has 0 saturated carbocycles. The summed E-state index contributed by atoms with van der Waals surface area (Å²) in [5.74, 6) is -3.82. The van der Waals surface area contributed by atoms with Crippen LogP contribution in [0.2, 0.25) is 0 Å². The Balaban J connectivity index is 3.00. The van der Waals surface area contributed by atoms with Crippen molar-refractivity contribution in [2.24, 2.45) is 23.1 Å². The highest BCUT2D eigenvalue weighted by Gasteiger charge is 2.30. The first kappa shape index (κ1) is 32.5. The Bertz CT molecular complexity index is 926. The number of hydrogen-bond acceptors (Lipinski definition) is 7. The van der Waals surface area contributed by atoms with E-state index in [2.05, 4.69) is 16.0 Å². The highest BCUT2D eigenvalue weighted by molar-refractivity contribution is 5.94. The number of primary amides is 1. The first-order chi connectivity index (χ1) is 17.9. The highest BCUT2D eigenvalue weighted by atomic mass is 16.4. The minimum absolute atomic E-state index is 0.00942. The molecular formula is C26H42N6O6. The van der Waals surface area contributed by atoms with Gasteiger partial charge in [0.2, 0.25) is 23.6 Å². The smallest absolute Gasteiger partial charge is 0.326 e. The largest absolute Gasteiger partial charge is 0.480 e. The average molecular weight is 535 g/mol. The van der Waals surface area contributed by atoms with Gasteiger partial charge in [0.05, 0.1) is 6.04 Å². The van der Waals surface area contributed by atoms with Gasteiger partial charge in [0, 0.05) is 6.42 Å². The Morgan fingerprint density at radius 1 is 0.842 bits per heavy atom. The lowest BCUT2D eigenvalue weighted by molar-refractivity contribution is -0.142. The fourth-order valence-corrected chi connectivity index (χ4v) is 3.79. The number of carboxylic acid groups (broad SMARTS) is 1. The summed E-state index contributed by atoms with van der Waals surface area (Å²) in [5, 5.41) is 17.1. The number of carbonyl (C=O) groups is 5. The molecule has 4 amide bonds. The average Bonchev–Trinajstić information content (AvgIpc) is 2.85. The van der Waals surface area contributed by atoms with E-state index in [1.165, 1.54) is 0 Å². The summed E-state index contributed by atoms with van der Waals surface area (Å²) in [5.41, 5.74) is 17.7. The molecule has 10 N–H and O–H groups in total. The fraction of sp³-hybridized carbons (Fsp3) is 0.577. The van der Waals surface area contributed by atoms with Crippen LogP contribution in [0.25, 0.3) is 0 Å². The standard InChI is InChI=1S/C26H42N6O6/c1-16(2)14-21(26(37)38)32-24(35)19(10-6-7-13-27)31-25(36)20(11-12-22(29)33)30-23(34)18(28)15-17-8-4-3-5-9-17/h3-5,8-9,16,18-21H,6-7,10-15,27-28H2,1-2H3,(H2,29,33)(H,30,34)(H,31,36)(H,32,35)(H,37,38). The Morgan fingerprint density at radius 2 is 1.39 bits per heavy atom. The van der Waals surface area contributed by atoms with E-state index in [1.54, 1.807) is 0 Å². The normalized spacial score (nSPS) is 14.1. The third-order valence-electron chi connectivity index (χ3n) is 5.85. The molecule has 0 bridgehead atoms. The lowest BCUT2D eigenvalue weighted by atomic mass is 10.0. The van der Waals surface area contributed by atoms with E-state index < -0.39 is 53.8 Å². The number of carboxylic acids is 1. The van der Waals surface area contributed by atoms with E-state index >= 15 is 0 Å². The molecule has 0 saturated heterocycles. The van der Waals surface area contributed by atoms with E-state index in [4.69, 9.17) is 17.2 Å². The molecule has 1 aromatic rings. The molecule has 4 atom stereocenters. The van der Waals surface area contributed by atoms with Crippen molar-refractivity contribution in [2.75, 3.05) is 6.54 Å². The topological polar surface area (TPSA) is 220 Å². The second-order valence-corrected chi connectivity index (χ2v) is 9.74. The van der Waals surface area contributed by atoms with Crippen LogP contribution in [-0.2, 0) is 30.4 Å². The molecule has 0 aromatic heterocycles. The molecule has 0 spiro atoms. The van der Waals surface area contributed by atoms with Gasteiger partial charge >= 0.3 is 5.97 Å². The molecule has 0 aliphatic rings. The van der Waals surface area contributed by atoms with Gasteiger partial charge in [-0.2, -0.15) is 0 Å². The van der Waals surface area contributed by atoms with Gasteiger partial charge in [0.15, 0.2) is 0 Å². The summed E-state index contributed by atoms with van der Waals surface area (Å²) < 4.78 is 0. The number of nitrogens with one attached hydrogen (secondary N) is 3. The zero-order valence-corrected chi connectivity index (χ0v) is 22.2. The van der Waals surface area contributed by atoms with Gasteiger partial charge in [0.1, 0.15) is 18.1 Å². The first-order valence-corrected chi connectivity index (χ1v) is 12.9. The minimum atomic E-state index is -1.19. The van der Waals surface area contributed by atoms with Gasteiger partial charge in [-0.05, 0) is 56.6 Å². The molecule has 1 rings (SSSR count). The van der Waals surface area contributed by atoms with Gasteiger partial charge in [-0.15, -0.1) is 0 Å². The number of rotatable bonds is 18.